The van der Waals surface area contributed by atoms with Gasteiger partial charge in [-0.3, -0.25) is 0 Å². The van der Waals surface area contributed by atoms with Crippen LogP contribution in [0, 0.1) is 0 Å². The molecule has 104 valence electrons. The molecule has 6 nitrogen and oxygen atoms in total. The van der Waals surface area contributed by atoms with Crippen molar-refractivity contribution in [3.63, 3.8) is 0 Å². The molecular formula is C10H10BrNO5S2. The van der Waals surface area contributed by atoms with E-state index < -0.39 is 16.0 Å². The van der Waals surface area contributed by atoms with Crippen molar-refractivity contribution in [2.45, 2.75) is 22.8 Å². The molecule has 0 bridgehead atoms. The van der Waals surface area contributed by atoms with Crippen molar-refractivity contribution in [3.05, 3.63) is 15.4 Å². The van der Waals surface area contributed by atoms with Gasteiger partial charge in [-0.2, -0.15) is 4.31 Å². The lowest BCUT2D eigenvalue weighted by Gasteiger charge is -2.25. The van der Waals surface area contributed by atoms with Gasteiger partial charge in [0.15, 0.2) is 0 Å². The van der Waals surface area contributed by atoms with Crippen molar-refractivity contribution in [3.8, 4) is 0 Å². The molecular weight excluding hydrogens is 358 g/mol. The first-order chi connectivity index (χ1) is 8.91. The molecule has 0 aromatic carbocycles. The lowest BCUT2D eigenvalue weighted by atomic mass is 10.5. The smallest absolute Gasteiger partial charge is 0.345 e. The summed E-state index contributed by atoms with van der Waals surface area (Å²) >= 11 is 3.90. The van der Waals surface area contributed by atoms with Gasteiger partial charge in [-0.25, -0.2) is 13.2 Å². The number of carboxylic acids is 1. The molecule has 1 aliphatic carbocycles. The minimum Gasteiger partial charge on any atom is -0.477 e. The summed E-state index contributed by atoms with van der Waals surface area (Å²) in [7, 11) is -3.65. The summed E-state index contributed by atoms with van der Waals surface area (Å²) in [5.74, 6) is -1.13. The third-order valence-electron chi connectivity index (χ3n) is 3.12. The van der Waals surface area contributed by atoms with Crippen molar-refractivity contribution in [2.24, 2.45) is 0 Å². The fourth-order valence-electron chi connectivity index (χ4n) is 2.14. The zero-order valence-corrected chi connectivity index (χ0v) is 12.8. The first-order valence-electron chi connectivity index (χ1n) is 5.57. The van der Waals surface area contributed by atoms with Crippen molar-refractivity contribution < 1.29 is 23.1 Å². The van der Waals surface area contributed by atoms with Gasteiger partial charge in [-0.05, 0) is 28.4 Å². The van der Waals surface area contributed by atoms with Crippen LogP contribution in [0.3, 0.4) is 0 Å². The molecule has 2 aliphatic rings. The maximum atomic E-state index is 12.5. The van der Waals surface area contributed by atoms with Crippen LogP contribution in [-0.2, 0) is 14.8 Å². The molecule has 1 saturated carbocycles. The van der Waals surface area contributed by atoms with Crippen LogP contribution in [0.5, 0.6) is 0 Å². The van der Waals surface area contributed by atoms with Gasteiger partial charge in [-0.15, -0.1) is 11.3 Å². The van der Waals surface area contributed by atoms with Gasteiger partial charge in [0.05, 0.1) is 18.8 Å². The third-order valence-corrected chi connectivity index (χ3v) is 7.83. The number of fused-ring (bicyclic) bond motifs is 1. The monoisotopic (exact) mass is 367 g/mol. The summed E-state index contributed by atoms with van der Waals surface area (Å²) in [6.07, 6.45) is 0.717. The van der Waals surface area contributed by atoms with E-state index >= 15 is 0 Å². The van der Waals surface area contributed by atoms with Crippen molar-refractivity contribution >= 4 is 43.3 Å². The Morgan fingerprint density at radius 3 is 2.95 bits per heavy atom. The van der Waals surface area contributed by atoms with Crippen LogP contribution < -0.4 is 0 Å². The van der Waals surface area contributed by atoms with E-state index in [1.54, 1.807) is 0 Å². The minimum atomic E-state index is -3.65. The van der Waals surface area contributed by atoms with Crippen LogP contribution in [0.4, 0.5) is 0 Å². The number of carbonyl (C=O) groups is 1. The van der Waals surface area contributed by atoms with Gasteiger partial charge in [0, 0.05) is 11.0 Å². The van der Waals surface area contributed by atoms with Crippen LogP contribution in [0.15, 0.2) is 14.7 Å². The van der Waals surface area contributed by atoms with Gasteiger partial charge in [0.25, 0.3) is 10.0 Å². The number of morpholine rings is 1. The molecule has 19 heavy (non-hydrogen) atoms. The quantitative estimate of drug-likeness (QED) is 0.871. The van der Waals surface area contributed by atoms with E-state index in [1.807, 2.05) is 0 Å². The summed E-state index contributed by atoms with van der Waals surface area (Å²) < 4.78 is 32.2. The summed E-state index contributed by atoms with van der Waals surface area (Å²) in [5, 5.41) is 8.92. The third kappa shape index (κ3) is 2.23. The average Bonchev–Trinajstić information content (AvgIpc) is 3.02. The Labute approximate surface area is 122 Å². The van der Waals surface area contributed by atoms with Crippen LogP contribution in [0.25, 0.3) is 0 Å². The fraction of sp³-hybridized carbons (Fsp3) is 0.500. The normalized spacial score (nSPS) is 27.0. The Morgan fingerprint density at radius 1 is 1.58 bits per heavy atom. The highest BCUT2D eigenvalue weighted by molar-refractivity contribution is 9.10. The number of ether oxygens (including phenoxy) is 1. The molecule has 1 N–H and O–H groups in total. The molecule has 9 heteroatoms. The van der Waals surface area contributed by atoms with E-state index in [9.17, 15) is 13.2 Å². The van der Waals surface area contributed by atoms with Crippen molar-refractivity contribution in [1.29, 1.82) is 0 Å². The maximum absolute atomic E-state index is 12.5. The highest BCUT2D eigenvalue weighted by Crippen LogP contribution is 2.41. The number of aromatic carboxylic acids is 1. The Kier molecular flexibility index (Phi) is 3.21. The van der Waals surface area contributed by atoms with E-state index in [-0.39, 0.29) is 21.2 Å². The van der Waals surface area contributed by atoms with Gasteiger partial charge in [0.1, 0.15) is 9.09 Å². The van der Waals surface area contributed by atoms with Crippen molar-refractivity contribution in [2.75, 3.05) is 13.2 Å². The molecule has 2 atom stereocenters. The second-order valence-corrected chi connectivity index (χ2v) is 8.37. The largest absolute Gasteiger partial charge is 0.477 e. The van der Waals surface area contributed by atoms with Gasteiger partial charge in [0.2, 0.25) is 0 Å². The van der Waals surface area contributed by atoms with Gasteiger partial charge < -0.3 is 9.84 Å². The second kappa shape index (κ2) is 4.52. The lowest BCUT2D eigenvalue weighted by Crippen LogP contribution is -2.40. The molecule has 1 aromatic rings. The van der Waals surface area contributed by atoms with Crippen molar-refractivity contribution in [1.82, 2.24) is 4.31 Å². The number of carboxylic acid groups (broad SMARTS) is 1. The topological polar surface area (TPSA) is 83.9 Å². The second-order valence-electron chi connectivity index (χ2n) is 4.38. The first kappa shape index (κ1) is 13.5. The summed E-state index contributed by atoms with van der Waals surface area (Å²) in [6.45, 7) is 0.700. The van der Waals surface area contributed by atoms with Crippen LogP contribution in [-0.4, -0.2) is 49.1 Å². The van der Waals surface area contributed by atoms with Gasteiger partial charge in [-0.1, -0.05) is 0 Å². The predicted molar refractivity (Wildman–Crippen MR) is 71.0 cm³/mol. The Morgan fingerprint density at radius 2 is 2.32 bits per heavy atom. The molecule has 0 amide bonds. The number of rotatable bonds is 3. The summed E-state index contributed by atoms with van der Waals surface area (Å²) in [6, 6.07) is 1.23. The van der Waals surface area contributed by atoms with E-state index in [0.29, 0.717) is 24.0 Å². The zero-order valence-electron chi connectivity index (χ0n) is 9.58. The molecule has 2 heterocycles. The molecule has 0 radical (unpaired) electrons. The van der Waals surface area contributed by atoms with E-state index in [1.165, 1.54) is 10.4 Å². The molecule has 1 saturated heterocycles. The number of halogens is 1. The van der Waals surface area contributed by atoms with E-state index in [4.69, 9.17) is 9.84 Å². The molecule has 1 aliphatic heterocycles. The van der Waals surface area contributed by atoms with E-state index in [0.717, 1.165) is 11.3 Å². The molecule has 2 fully saturated rings. The summed E-state index contributed by atoms with van der Waals surface area (Å²) in [5.41, 5.74) is 0. The highest BCUT2D eigenvalue weighted by atomic mass is 79.9. The fourth-order valence-corrected chi connectivity index (χ4v) is 6.39. The predicted octanol–water partition coefficient (Wildman–Crippen LogP) is 1.37. The van der Waals surface area contributed by atoms with E-state index in [2.05, 4.69) is 15.9 Å². The Bertz CT molecular complexity index is 640. The molecule has 2 unspecified atom stereocenters. The first-order valence-corrected chi connectivity index (χ1v) is 8.62. The Hall–Kier alpha value is -0.480. The number of hydrogen-bond donors (Lipinski definition) is 1. The average molecular weight is 368 g/mol. The van der Waals surface area contributed by atoms with Crippen LogP contribution in [0.2, 0.25) is 0 Å². The number of sulfonamides is 1. The standard InChI is InChI=1S/C10H10BrNO5S2/c11-5-3-8(9(13)14)18-10(5)19(15,16)12-1-2-17-7-4-6(7)12/h3,6-7H,1-2,4H2,(H,13,14). The zero-order chi connectivity index (χ0) is 13.8. The van der Waals surface area contributed by atoms with Gasteiger partial charge >= 0.3 is 5.97 Å². The molecule has 1 aromatic heterocycles. The highest BCUT2D eigenvalue weighted by Gasteiger charge is 2.51. The van der Waals surface area contributed by atoms with Crippen LogP contribution >= 0.6 is 27.3 Å². The number of nitrogens with zero attached hydrogens (tertiary/aromatic N) is 1. The SMILES string of the molecule is O=C(O)c1cc(Br)c(S(=O)(=O)N2CCOC3CC32)s1. The Balaban J connectivity index is 1.98. The molecule has 0 spiro atoms. The number of hydrogen-bond acceptors (Lipinski definition) is 5. The number of thiophene rings is 1. The maximum Gasteiger partial charge on any atom is 0.345 e. The molecule has 3 rings (SSSR count). The summed E-state index contributed by atoms with van der Waals surface area (Å²) in [4.78, 5) is 10.9. The minimum absolute atomic E-state index is 0.00112. The lowest BCUT2D eigenvalue weighted by molar-refractivity contribution is 0.0624. The van der Waals surface area contributed by atoms with Crippen LogP contribution in [0.1, 0.15) is 16.1 Å².